The van der Waals surface area contributed by atoms with E-state index >= 15 is 0 Å². The van der Waals surface area contributed by atoms with E-state index in [0.717, 1.165) is 13.1 Å². The number of rotatable bonds is 2. The molecule has 1 heterocycles. The molecule has 3 heteroatoms. The number of nitrogens with one attached hydrogen (secondary N) is 1. The van der Waals surface area contributed by atoms with Crippen LogP contribution in [0.2, 0.25) is 0 Å². The van der Waals surface area contributed by atoms with Gasteiger partial charge >= 0.3 is 0 Å². The second-order valence-electron chi connectivity index (χ2n) is 2.15. The number of hydrogen-bond acceptors (Lipinski definition) is 3. The Hall–Kier alpha value is -0.120. The first kappa shape index (κ1) is 6.01. The van der Waals surface area contributed by atoms with Crippen LogP contribution in [-0.4, -0.2) is 37.5 Å². The van der Waals surface area contributed by atoms with Crippen molar-refractivity contribution in [3.63, 3.8) is 0 Å². The minimum atomic E-state index is -0.250. The highest BCUT2D eigenvalue weighted by Crippen LogP contribution is 2.13. The van der Waals surface area contributed by atoms with Crippen LogP contribution in [0.1, 0.15) is 0 Å². The quantitative estimate of drug-likeness (QED) is 0.486. The number of aliphatic hydroxyl groups excluding tert-OH is 1. The molecule has 1 fully saturated rings. The van der Waals surface area contributed by atoms with Crippen LogP contribution in [0.4, 0.5) is 0 Å². The van der Waals surface area contributed by atoms with Crippen molar-refractivity contribution in [2.75, 3.05) is 26.8 Å². The van der Waals surface area contributed by atoms with E-state index in [0.29, 0.717) is 0 Å². The van der Waals surface area contributed by atoms with Crippen LogP contribution in [0.15, 0.2) is 0 Å². The predicted molar refractivity (Wildman–Crippen MR) is 29.7 cm³/mol. The van der Waals surface area contributed by atoms with Gasteiger partial charge in [-0.3, -0.25) is 0 Å². The summed E-state index contributed by atoms with van der Waals surface area (Å²) in [5.74, 6) is 0. The summed E-state index contributed by atoms with van der Waals surface area (Å²) in [6.45, 7) is 1.68. The van der Waals surface area contributed by atoms with Crippen molar-refractivity contribution < 1.29 is 9.84 Å². The van der Waals surface area contributed by atoms with Gasteiger partial charge in [-0.05, 0) is 0 Å². The van der Waals surface area contributed by atoms with E-state index in [1.165, 1.54) is 0 Å². The topological polar surface area (TPSA) is 41.5 Å². The highest BCUT2D eigenvalue weighted by atomic mass is 16.5. The molecule has 1 saturated heterocycles. The highest BCUT2D eigenvalue weighted by Gasteiger charge is 2.35. The molecule has 0 aliphatic carbocycles. The molecule has 0 aromatic carbocycles. The third-order valence-corrected chi connectivity index (χ3v) is 1.62. The Morgan fingerprint density at radius 2 is 2.38 bits per heavy atom. The summed E-state index contributed by atoms with van der Waals surface area (Å²) in [6, 6.07) is 0. The molecule has 48 valence electrons. The van der Waals surface area contributed by atoms with Gasteiger partial charge in [-0.1, -0.05) is 0 Å². The first-order valence-corrected chi connectivity index (χ1v) is 2.70. The van der Waals surface area contributed by atoms with Crippen LogP contribution in [-0.2, 0) is 4.74 Å². The zero-order valence-corrected chi connectivity index (χ0v) is 4.98. The fourth-order valence-corrected chi connectivity index (χ4v) is 0.725. The van der Waals surface area contributed by atoms with Crippen LogP contribution < -0.4 is 5.32 Å². The Kier molecular flexibility index (Phi) is 1.51. The molecule has 8 heavy (non-hydrogen) atoms. The molecule has 1 rings (SSSR count). The number of ether oxygens (including phenoxy) is 1. The lowest BCUT2D eigenvalue weighted by atomic mass is 9.99. The average molecular weight is 117 g/mol. The van der Waals surface area contributed by atoms with Gasteiger partial charge in [0.25, 0.3) is 0 Å². The minimum Gasteiger partial charge on any atom is -0.393 e. The lowest BCUT2D eigenvalue weighted by molar-refractivity contribution is -0.0856. The Bertz CT molecular complexity index is 67.0. The van der Waals surface area contributed by atoms with Gasteiger partial charge in [0.1, 0.15) is 5.60 Å². The fraction of sp³-hybridized carbons (Fsp3) is 1.00. The lowest BCUT2D eigenvalue weighted by Crippen LogP contribution is -2.62. The van der Waals surface area contributed by atoms with Gasteiger partial charge < -0.3 is 15.2 Å². The first-order chi connectivity index (χ1) is 3.83. The molecule has 3 nitrogen and oxygen atoms in total. The molecule has 0 aromatic heterocycles. The standard InChI is InChI=1S/C5H11NO2/c1-8-5(4-7)2-6-3-5/h6-7H,2-4H2,1H3. The molecule has 0 atom stereocenters. The van der Waals surface area contributed by atoms with Gasteiger partial charge in [0.15, 0.2) is 0 Å². The smallest absolute Gasteiger partial charge is 0.115 e. The normalized spacial score (nSPS) is 24.8. The third kappa shape index (κ3) is 0.727. The zero-order chi connectivity index (χ0) is 6.04. The summed E-state index contributed by atoms with van der Waals surface area (Å²) in [7, 11) is 1.62. The maximum atomic E-state index is 8.67. The number of aliphatic hydroxyl groups is 1. The summed E-state index contributed by atoms with van der Waals surface area (Å²) >= 11 is 0. The van der Waals surface area contributed by atoms with Crippen molar-refractivity contribution in [3.05, 3.63) is 0 Å². The van der Waals surface area contributed by atoms with Gasteiger partial charge in [-0.15, -0.1) is 0 Å². The van der Waals surface area contributed by atoms with Gasteiger partial charge in [0, 0.05) is 20.2 Å². The Morgan fingerprint density at radius 1 is 1.75 bits per heavy atom. The molecule has 2 N–H and O–H groups in total. The van der Waals surface area contributed by atoms with Crippen molar-refractivity contribution in [1.29, 1.82) is 0 Å². The minimum absolute atomic E-state index is 0.122. The summed E-state index contributed by atoms with van der Waals surface area (Å²) in [5, 5.41) is 11.7. The molecule has 0 bridgehead atoms. The summed E-state index contributed by atoms with van der Waals surface area (Å²) in [5.41, 5.74) is -0.250. The van der Waals surface area contributed by atoms with E-state index in [2.05, 4.69) is 5.32 Å². The SMILES string of the molecule is COC1(CO)CNC1. The fourth-order valence-electron chi connectivity index (χ4n) is 0.725. The first-order valence-electron chi connectivity index (χ1n) is 2.70. The molecular weight excluding hydrogens is 106 g/mol. The van der Waals surface area contributed by atoms with E-state index in [-0.39, 0.29) is 12.2 Å². The Morgan fingerprint density at radius 3 is 2.38 bits per heavy atom. The van der Waals surface area contributed by atoms with Crippen molar-refractivity contribution in [3.8, 4) is 0 Å². The molecular formula is C5H11NO2. The monoisotopic (exact) mass is 117 g/mol. The second kappa shape index (κ2) is 2.01. The van der Waals surface area contributed by atoms with Crippen molar-refractivity contribution in [2.24, 2.45) is 0 Å². The summed E-state index contributed by atoms with van der Waals surface area (Å²) < 4.78 is 5.01. The predicted octanol–water partition coefficient (Wildman–Crippen LogP) is -1.03. The van der Waals surface area contributed by atoms with Crippen LogP contribution in [0.5, 0.6) is 0 Å². The van der Waals surface area contributed by atoms with Crippen molar-refractivity contribution in [1.82, 2.24) is 5.32 Å². The van der Waals surface area contributed by atoms with E-state index < -0.39 is 0 Å². The molecule has 0 spiro atoms. The largest absolute Gasteiger partial charge is 0.393 e. The van der Waals surface area contributed by atoms with Crippen molar-refractivity contribution >= 4 is 0 Å². The van der Waals surface area contributed by atoms with Gasteiger partial charge in [-0.25, -0.2) is 0 Å². The van der Waals surface area contributed by atoms with Crippen molar-refractivity contribution in [2.45, 2.75) is 5.60 Å². The maximum absolute atomic E-state index is 8.67. The number of hydrogen-bond donors (Lipinski definition) is 2. The maximum Gasteiger partial charge on any atom is 0.115 e. The van der Waals surface area contributed by atoms with E-state index in [1.807, 2.05) is 0 Å². The number of methoxy groups -OCH3 is 1. The van der Waals surface area contributed by atoms with Gasteiger partial charge in [-0.2, -0.15) is 0 Å². The van der Waals surface area contributed by atoms with Crippen LogP contribution in [0.25, 0.3) is 0 Å². The summed E-state index contributed by atoms with van der Waals surface area (Å²) in [4.78, 5) is 0. The Labute approximate surface area is 48.7 Å². The van der Waals surface area contributed by atoms with E-state index in [1.54, 1.807) is 7.11 Å². The molecule has 0 saturated carbocycles. The molecule has 0 amide bonds. The van der Waals surface area contributed by atoms with Gasteiger partial charge in [0.2, 0.25) is 0 Å². The molecule has 0 unspecified atom stereocenters. The van der Waals surface area contributed by atoms with Crippen LogP contribution in [0, 0.1) is 0 Å². The average Bonchev–Trinajstić information content (AvgIpc) is 1.67. The molecule has 1 aliphatic heterocycles. The zero-order valence-electron chi connectivity index (χ0n) is 4.98. The van der Waals surface area contributed by atoms with Gasteiger partial charge in [0.05, 0.1) is 6.61 Å². The van der Waals surface area contributed by atoms with Crippen LogP contribution >= 0.6 is 0 Å². The molecule has 1 aliphatic rings. The lowest BCUT2D eigenvalue weighted by Gasteiger charge is -2.39. The Balaban J connectivity index is 2.33. The van der Waals surface area contributed by atoms with E-state index in [4.69, 9.17) is 9.84 Å². The summed E-state index contributed by atoms with van der Waals surface area (Å²) in [6.07, 6.45) is 0. The third-order valence-electron chi connectivity index (χ3n) is 1.62. The van der Waals surface area contributed by atoms with Crippen LogP contribution in [0.3, 0.4) is 0 Å². The van der Waals surface area contributed by atoms with E-state index in [9.17, 15) is 0 Å². The highest BCUT2D eigenvalue weighted by molar-refractivity contribution is 4.93. The molecule has 0 aromatic rings. The molecule has 0 radical (unpaired) electrons. The second-order valence-corrected chi connectivity index (χ2v) is 2.15.